The maximum Gasteiger partial charge on any atom is 0.481 e. The van der Waals surface area contributed by atoms with Gasteiger partial charge in [0.2, 0.25) is 0 Å². The van der Waals surface area contributed by atoms with Crippen LogP contribution in [0.4, 0.5) is 5.95 Å². The number of nitrogens with zero attached hydrogens (tertiary/aromatic N) is 3. The molecule has 1 saturated heterocycles. The number of hydrogen-bond donors (Lipinski definition) is 7. The smallest absolute Gasteiger partial charge is 0.387 e. The molecular formula is C10H15N5O10P2S. The van der Waals surface area contributed by atoms with E-state index in [1.165, 1.54) is 10.9 Å². The van der Waals surface area contributed by atoms with Crippen LogP contribution in [0.3, 0.4) is 0 Å². The molecule has 3 rings (SSSR count). The molecule has 0 bridgehead atoms. The molecule has 0 saturated carbocycles. The predicted molar refractivity (Wildman–Crippen MR) is 92.0 cm³/mol. The van der Waals surface area contributed by atoms with Crippen molar-refractivity contribution in [1.29, 1.82) is 0 Å². The molecule has 1 aliphatic heterocycles. The van der Waals surface area contributed by atoms with E-state index in [-0.39, 0.29) is 21.8 Å². The molecule has 156 valence electrons. The maximum atomic E-state index is 11.5. The number of aromatic nitrogens is 4. The zero-order valence-corrected chi connectivity index (χ0v) is 16.2. The van der Waals surface area contributed by atoms with Gasteiger partial charge >= 0.3 is 15.6 Å². The number of aliphatic hydroxyl groups excluding tert-OH is 2. The lowest BCUT2D eigenvalue weighted by molar-refractivity contribution is -0.0503. The lowest BCUT2D eigenvalue weighted by Gasteiger charge is -2.17. The molecule has 1 fully saturated rings. The second kappa shape index (κ2) is 7.51. The molecule has 8 N–H and O–H groups in total. The molecular weight excluding hydrogens is 444 g/mol. The number of H-pyrrole nitrogens is 1. The number of rotatable bonds is 6. The van der Waals surface area contributed by atoms with E-state index in [1.54, 1.807) is 0 Å². The SMILES string of the molecule is Nc1nc(=S)c2ncn([C@@H]3O[C@@H](COP(=O)(O)OP(=O)(O)O)[C@@H](O)[C@@H]3O)c2[nH]1. The highest BCUT2D eigenvalue weighted by Gasteiger charge is 2.45. The summed E-state index contributed by atoms with van der Waals surface area (Å²) < 4.78 is 37.0. The Morgan fingerprint density at radius 1 is 1.32 bits per heavy atom. The van der Waals surface area contributed by atoms with Crippen molar-refractivity contribution in [3.63, 3.8) is 0 Å². The Hall–Kier alpha value is -1.29. The average Bonchev–Trinajstić information content (AvgIpc) is 3.06. The first-order chi connectivity index (χ1) is 12.9. The predicted octanol–water partition coefficient (Wildman–Crippen LogP) is -1.08. The summed E-state index contributed by atoms with van der Waals surface area (Å²) in [5.41, 5.74) is 6.10. The van der Waals surface area contributed by atoms with Crippen LogP contribution < -0.4 is 5.73 Å². The third kappa shape index (κ3) is 4.48. The van der Waals surface area contributed by atoms with Gasteiger partial charge in [-0.1, -0.05) is 12.2 Å². The van der Waals surface area contributed by atoms with Crippen LogP contribution in [-0.2, 0) is 22.7 Å². The molecule has 5 atom stereocenters. The summed E-state index contributed by atoms with van der Waals surface area (Å²) in [4.78, 5) is 37.0. The van der Waals surface area contributed by atoms with E-state index in [4.69, 9.17) is 32.5 Å². The number of hydrogen-bond acceptors (Lipinski definition) is 11. The number of anilines is 1. The Morgan fingerprint density at radius 3 is 2.64 bits per heavy atom. The molecule has 0 aliphatic carbocycles. The van der Waals surface area contributed by atoms with Crippen LogP contribution in [0.15, 0.2) is 6.33 Å². The molecule has 28 heavy (non-hydrogen) atoms. The monoisotopic (exact) mass is 459 g/mol. The first-order valence-corrected chi connectivity index (χ1v) is 10.8. The number of imidazole rings is 1. The fraction of sp³-hybridized carbons (Fsp3) is 0.500. The van der Waals surface area contributed by atoms with Crippen LogP contribution in [0.2, 0.25) is 0 Å². The Balaban J connectivity index is 1.79. The van der Waals surface area contributed by atoms with Crippen molar-refractivity contribution in [1.82, 2.24) is 19.5 Å². The summed E-state index contributed by atoms with van der Waals surface area (Å²) in [6, 6.07) is 0. The minimum absolute atomic E-state index is 0.0250. The van der Waals surface area contributed by atoms with Crippen LogP contribution in [0.5, 0.6) is 0 Å². The summed E-state index contributed by atoms with van der Waals surface area (Å²) >= 11 is 5.03. The van der Waals surface area contributed by atoms with Crippen molar-refractivity contribution >= 4 is 45.0 Å². The standard InChI is InChI=1S/C10H15N5O10P2S/c11-10-13-7-4(8(28)14-10)12-2-15(7)9-6(17)5(16)3(24-9)1-23-27(21,22)25-26(18,19)20/h2-3,5-6,9,16-17H,1H2,(H,21,22)(H2,18,19,20)(H3,11,13,14,28)/t3-,5+,6-,9+/m0/s1. The van der Waals surface area contributed by atoms with Crippen molar-refractivity contribution in [3.8, 4) is 0 Å². The van der Waals surface area contributed by atoms with Gasteiger partial charge in [-0.3, -0.25) is 9.09 Å². The third-order valence-corrected chi connectivity index (χ3v) is 6.12. The quantitative estimate of drug-likeness (QED) is 0.201. The summed E-state index contributed by atoms with van der Waals surface area (Å²) in [6.07, 6.45) is -4.43. The fourth-order valence-electron chi connectivity index (χ4n) is 2.57. The fourth-order valence-corrected chi connectivity index (χ4v) is 4.42. The minimum Gasteiger partial charge on any atom is -0.387 e. The lowest BCUT2D eigenvalue weighted by Crippen LogP contribution is -2.33. The molecule has 3 heterocycles. The van der Waals surface area contributed by atoms with Gasteiger partial charge in [0.15, 0.2) is 16.8 Å². The van der Waals surface area contributed by atoms with Gasteiger partial charge in [0.25, 0.3) is 0 Å². The zero-order chi connectivity index (χ0) is 20.9. The van der Waals surface area contributed by atoms with E-state index in [1.807, 2.05) is 0 Å². The molecule has 0 amide bonds. The number of phosphoric acid groups is 2. The number of aliphatic hydroxyl groups is 2. The number of aromatic amines is 1. The first-order valence-electron chi connectivity index (χ1n) is 7.36. The number of nitrogens with two attached hydrogens (primary N) is 1. The van der Waals surface area contributed by atoms with Gasteiger partial charge in [-0.05, 0) is 0 Å². The van der Waals surface area contributed by atoms with Crippen LogP contribution in [0, 0.1) is 4.64 Å². The van der Waals surface area contributed by atoms with Crippen LogP contribution in [0.25, 0.3) is 11.2 Å². The zero-order valence-electron chi connectivity index (χ0n) is 13.6. The number of fused-ring (bicyclic) bond motifs is 1. The Kier molecular flexibility index (Phi) is 5.75. The third-order valence-electron chi connectivity index (χ3n) is 3.69. The minimum atomic E-state index is -5.30. The summed E-state index contributed by atoms with van der Waals surface area (Å²) in [7, 11) is -10.4. The molecule has 1 unspecified atom stereocenters. The van der Waals surface area contributed by atoms with Crippen molar-refractivity contribution in [3.05, 3.63) is 11.0 Å². The summed E-state index contributed by atoms with van der Waals surface area (Å²) in [6.45, 7) is -0.825. The van der Waals surface area contributed by atoms with Gasteiger partial charge < -0.3 is 40.3 Å². The van der Waals surface area contributed by atoms with E-state index in [0.29, 0.717) is 0 Å². The number of ether oxygens (including phenoxy) is 1. The molecule has 1 aliphatic rings. The van der Waals surface area contributed by atoms with E-state index in [2.05, 4.69) is 23.8 Å². The van der Waals surface area contributed by atoms with Crippen molar-refractivity contribution in [2.75, 3.05) is 12.3 Å². The maximum absolute atomic E-state index is 11.5. The first kappa shape index (κ1) is 21.4. The number of phosphoric ester groups is 1. The van der Waals surface area contributed by atoms with E-state index in [9.17, 15) is 24.2 Å². The van der Waals surface area contributed by atoms with Gasteiger partial charge in [0.1, 0.15) is 29.5 Å². The number of nitrogen functional groups attached to an aromatic ring is 1. The Morgan fingerprint density at radius 2 is 2.00 bits per heavy atom. The second-order valence-electron chi connectivity index (χ2n) is 5.66. The molecule has 2 aromatic rings. The van der Waals surface area contributed by atoms with Gasteiger partial charge in [-0.2, -0.15) is 4.31 Å². The highest BCUT2D eigenvalue weighted by atomic mass is 32.1. The van der Waals surface area contributed by atoms with Crippen LogP contribution in [0.1, 0.15) is 6.23 Å². The molecule has 0 aromatic carbocycles. The molecule has 0 spiro atoms. The number of nitrogens with one attached hydrogen (secondary N) is 1. The van der Waals surface area contributed by atoms with Gasteiger partial charge in [0, 0.05) is 0 Å². The van der Waals surface area contributed by atoms with Crippen molar-refractivity contribution in [2.45, 2.75) is 24.5 Å². The lowest BCUT2D eigenvalue weighted by atomic mass is 10.1. The van der Waals surface area contributed by atoms with Crippen LogP contribution in [-0.4, -0.2) is 69.3 Å². The highest BCUT2D eigenvalue weighted by Crippen LogP contribution is 2.57. The highest BCUT2D eigenvalue weighted by molar-refractivity contribution is 7.71. The summed E-state index contributed by atoms with van der Waals surface area (Å²) in [5, 5.41) is 20.4. The van der Waals surface area contributed by atoms with Crippen molar-refractivity contribution in [2.24, 2.45) is 0 Å². The molecule has 2 aromatic heterocycles. The van der Waals surface area contributed by atoms with Gasteiger partial charge in [-0.15, -0.1) is 0 Å². The largest absolute Gasteiger partial charge is 0.481 e. The van der Waals surface area contributed by atoms with Gasteiger partial charge in [-0.25, -0.2) is 19.1 Å². The van der Waals surface area contributed by atoms with Crippen molar-refractivity contribution < 1.29 is 47.6 Å². The Labute approximate surface area is 160 Å². The normalized spacial score (nSPS) is 27.9. The summed E-state index contributed by atoms with van der Waals surface area (Å²) in [5.74, 6) is -0.0250. The van der Waals surface area contributed by atoms with E-state index in [0.717, 1.165) is 0 Å². The van der Waals surface area contributed by atoms with E-state index >= 15 is 0 Å². The van der Waals surface area contributed by atoms with E-state index < -0.39 is 46.8 Å². The average molecular weight is 459 g/mol. The topological polar surface area (TPSA) is 235 Å². The molecule has 0 radical (unpaired) electrons. The van der Waals surface area contributed by atoms with Crippen LogP contribution >= 0.6 is 27.9 Å². The molecule has 18 heteroatoms. The molecule has 15 nitrogen and oxygen atoms in total. The second-order valence-corrected chi connectivity index (χ2v) is 8.88. The van der Waals surface area contributed by atoms with Gasteiger partial charge in [0.05, 0.1) is 12.9 Å². The Bertz CT molecular complexity index is 1040.